The van der Waals surface area contributed by atoms with E-state index in [-0.39, 0.29) is 6.04 Å². The summed E-state index contributed by atoms with van der Waals surface area (Å²) in [5.41, 5.74) is 9.31. The van der Waals surface area contributed by atoms with Crippen LogP contribution in [0.2, 0.25) is 0 Å². The lowest BCUT2D eigenvalue weighted by atomic mass is 9.96. The zero-order valence-electron chi connectivity index (χ0n) is 11.9. The maximum Gasteiger partial charge on any atom is 0.0652 e. The summed E-state index contributed by atoms with van der Waals surface area (Å²) in [4.78, 5) is 7.05. The van der Waals surface area contributed by atoms with Gasteiger partial charge in [0.15, 0.2) is 0 Å². The molecular formula is C18H18N2S. The highest BCUT2D eigenvalue weighted by atomic mass is 32.1. The summed E-state index contributed by atoms with van der Waals surface area (Å²) < 4.78 is 0. The zero-order chi connectivity index (χ0) is 14.2. The van der Waals surface area contributed by atoms with E-state index in [1.54, 1.807) is 4.88 Å². The highest BCUT2D eigenvalue weighted by Crippen LogP contribution is 2.36. The Balaban J connectivity index is 1.79. The second-order valence-corrected chi connectivity index (χ2v) is 6.89. The van der Waals surface area contributed by atoms with Crippen molar-refractivity contribution in [2.75, 3.05) is 0 Å². The van der Waals surface area contributed by atoms with Crippen LogP contribution in [0.4, 0.5) is 0 Å². The molecule has 106 valence electrons. The summed E-state index contributed by atoms with van der Waals surface area (Å²) in [5, 5.41) is 2.37. The lowest BCUT2D eigenvalue weighted by molar-refractivity contribution is 0.696. The number of aromatic nitrogens is 1. The number of aryl methyl sites for hydroxylation is 2. The number of hydrogen-bond acceptors (Lipinski definition) is 3. The van der Waals surface area contributed by atoms with Gasteiger partial charge in [-0.15, -0.1) is 11.3 Å². The van der Waals surface area contributed by atoms with E-state index in [9.17, 15) is 0 Å². The molecule has 2 N–H and O–H groups in total. The van der Waals surface area contributed by atoms with Gasteiger partial charge in [-0.2, -0.15) is 0 Å². The number of fused-ring (bicyclic) bond motifs is 2. The van der Waals surface area contributed by atoms with Crippen molar-refractivity contribution in [2.45, 2.75) is 31.7 Å². The molecule has 3 heteroatoms. The molecule has 1 aliphatic carbocycles. The van der Waals surface area contributed by atoms with Crippen LogP contribution in [0.5, 0.6) is 0 Å². The summed E-state index contributed by atoms with van der Waals surface area (Å²) in [5.74, 6) is 0. The number of thiophene rings is 1. The molecule has 21 heavy (non-hydrogen) atoms. The summed E-state index contributed by atoms with van der Waals surface area (Å²) in [7, 11) is 0. The molecule has 0 radical (unpaired) electrons. The van der Waals surface area contributed by atoms with Gasteiger partial charge in [0.1, 0.15) is 0 Å². The standard InChI is InChI=1S/C18H18N2S/c19-18(17-10-12-4-1-2-7-16(12)21-17)15-6-3-5-13-11-20-9-8-14(13)15/h3,5-6,8-11,18H,1-2,4,7,19H2. The van der Waals surface area contributed by atoms with Crippen molar-refractivity contribution in [3.05, 3.63) is 63.6 Å². The van der Waals surface area contributed by atoms with E-state index in [4.69, 9.17) is 5.73 Å². The Kier molecular flexibility index (Phi) is 3.24. The molecule has 2 nitrogen and oxygen atoms in total. The Hall–Kier alpha value is -1.71. The third-order valence-corrected chi connectivity index (χ3v) is 5.69. The van der Waals surface area contributed by atoms with Gasteiger partial charge < -0.3 is 5.73 Å². The Morgan fingerprint density at radius 2 is 2.05 bits per heavy atom. The zero-order valence-corrected chi connectivity index (χ0v) is 12.7. The van der Waals surface area contributed by atoms with Crippen LogP contribution in [0.15, 0.2) is 42.7 Å². The largest absolute Gasteiger partial charge is 0.320 e. The van der Waals surface area contributed by atoms with Crippen LogP contribution in [-0.4, -0.2) is 4.98 Å². The summed E-state index contributed by atoms with van der Waals surface area (Å²) in [6.45, 7) is 0. The topological polar surface area (TPSA) is 38.9 Å². The van der Waals surface area contributed by atoms with Gasteiger partial charge in [0.25, 0.3) is 0 Å². The monoisotopic (exact) mass is 294 g/mol. The normalized spacial score (nSPS) is 15.9. The lowest BCUT2D eigenvalue weighted by Gasteiger charge is -2.13. The van der Waals surface area contributed by atoms with Crippen LogP contribution in [-0.2, 0) is 12.8 Å². The van der Waals surface area contributed by atoms with Crippen LogP contribution in [0.25, 0.3) is 10.8 Å². The van der Waals surface area contributed by atoms with Gasteiger partial charge in [0.05, 0.1) is 6.04 Å². The van der Waals surface area contributed by atoms with Crippen molar-refractivity contribution in [1.82, 2.24) is 4.98 Å². The van der Waals surface area contributed by atoms with E-state index in [0.29, 0.717) is 0 Å². The van der Waals surface area contributed by atoms with Crippen LogP contribution in [0.3, 0.4) is 0 Å². The van der Waals surface area contributed by atoms with Crippen molar-refractivity contribution in [3.8, 4) is 0 Å². The molecule has 0 amide bonds. The maximum absolute atomic E-state index is 6.58. The minimum atomic E-state index is -0.0355. The van der Waals surface area contributed by atoms with E-state index < -0.39 is 0 Å². The molecule has 1 aromatic carbocycles. The number of pyridine rings is 1. The molecule has 0 spiro atoms. The quantitative estimate of drug-likeness (QED) is 0.768. The van der Waals surface area contributed by atoms with Gasteiger partial charge in [-0.3, -0.25) is 4.98 Å². The van der Waals surface area contributed by atoms with Gasteiger partial charge in [-0.1, -0.05) is 18.2 Å². The van der Waals surface area contributed by atoms with Gasteiger partial charge in [-0.25, -0.2) is 0 Å². The van der Waals surface area contributed by atoms with Gasteiger partial charge >= 0.3 is 0 Å². The van der Waals surface area contributed by atoms with Crippen LogP contribution in [0, 0.1) is 0 Å². The first kappa shape index (κ1) is 13.0. The highest BCUT2D eigenvalue weighted by molar-refractivity contribution is 7.12. The summed E-state index contributed by atoms with van der Waals surface area (Å²) >= 11 is 1.91. The summed E-state index contributed by atoms with van der Waals surface area (Å²) in [6.07, 6.45) is 8.84. The molecule has 4 rings (SSSR count). The number of nitrogens with two attached hydrogens (primary N) is 1. The molecule has 0 aliphatic heterocycles. The van der Waals surface area contributed by atoms with E-state index in [1.807, 2.05) is 23.7 Å². The number of nitrogens with zero attached hydrogens (tertiary/aromatic N) is 1. The molecule has 1 aliphatic rings. The van der Waals surface area contributed by atoms with Crippen molar-refractivity contribution in [3.63, 3.8) is 0 Å². The Morgan fingerprint density at radius 1 is 1.14 bits per heavy atom. The average molecular weight is 294 g/mol. The molecule has 0 fully saturated rings. The average Bonchev–Trinajstić information content (AvgIpc) is 2.97. The molecular weight excluding hydrogens is 276 g/mol. The Labute approximate surface area is 128 Å². The molecule has 2 aromatic heterocycles. The molecule has 0 bridgehead atoms. The fraction of sp³-hybridized carbons (Fsp3) is 0.278. The molecule has 3 aromatic rings. The molecule has 1 unspecified atom stereocenters. The lowest BCUT2D eigenvalue weighted by Crippen LogP contribution is -2.10. The van der Waals surface area contributed by atoms with Crippen LogP contribution in [0.1, 0.15) is 39.8 Å². The first-order chi connectivity index (χ1) is 10.3. The second-order valence-electron chi connectivity index (χ2n) is 5.73. The third-order valence-electron chi connectivity index (χ3n) is 4.37. The van der Waals surface area contributed by atoms with Crippen LogP contribution >= 0.6 is 11.3 Å². The molecule has 2 heterocycles. The van der Waals surface area contributed by atoms with Crippen LogP contribution < -0.4 is 5.73 Å². The minimum Gasteiger partial charge on any atom is -0.320 e. The number of rotatable bonds is 2. The summed E-state index contributed by atoms with van der Waals surface area (Å²) in [6, 6.07) is 10.7. The Bertz CT molecular complexity index is 762. The molecule has 0 saturated heterocycles. The first-order valence-electron chi connectivity index (χ1n) is 7.52. The molecule has 0 saturated carbocycles. The smallest absolute Gasteiger partial charge is 0.0652 e. The first-order valence-corrected chi connectivity index (χ1v) is 8.34. The van der Waals surface area contributed by atoms with Crippen molar-refractivity contribution in [1.29, 1.82) is 0 Å². The SMILES string of the molecule is NC(c1cc2c(s1)CCCC2)c1cccc2cnccc12. The highest BCUT2D eigenvalue weighted by Gasteiger charge is 2.19. The predicted octanol–water partition coefficient (Wildman–Crippen LogP) is 4.22. The van der Waals surface area contributed by atoms with E-state index in [0.717, 1.165) is 5.39 Å². The Morgan fingerprint density at radius 3 is 2.95 bits per heavy atom. The maximum atomic E-state index is 6.58. The minimum absolute atomic E-state index is 0.0355. The fourth-order valence-electron chi connectivity index (χ4n) is 3.24. The van der Waals surface area contributed by atoms with Gasteiger partial charge in [0.2, 0.25) is 0 Å². The van der Waals surface area contributed by atoms with E-state index in [1.165, 1.54) is 47.1 Å². The predicted molar refractivity (Wildman–Crippen MR) is 88.7 cm³/mol. The van der Waals surface area contributed by atoms with Gasteiger partial charge in [-0.05, 0) is 54.3 Å². The fourth-order valence-corrected chi connectivity index (χ4v) is 4.52. The van der Waals surface area contributed by atoms with Crippen molar-refractivity contribution < 1.29 is 0 Å². The molecule has 1 atom stereocenters. The number of benzene rings is 1. The third kappa shape index (κ3) is 2.27. The van der Waals surface area contributed by atoms with Crippen molar-refractivity contribution in [2.24, 2.45) is 5.73 Å². The van der Waals surface area contributed by atoms with Gasteiger partial charge in [0, 0.05) is 27.5 Å². The number of hydrogen-bond donors (Lipinski definition) is 1. The van der Waals surface area contributed by atoms with Crippen molar-refractivity contribution >= 4 is 22.1 Å². The van der Waals surface area contributed by atoms with E-state index >= 15 is 0 Å². The second kappa shape index (κ2) is 5.24. The van der Waals surface area contributed by atoms with E-state index in [2.05, 4.69) is 35.3 Å².